The zero-order valence-electron chi connectivity index (χ0n) is 10.9. The molecule has 0 saturated heterocycles. The van der Waals surface area contributed by atoms with E-state index in [0.29, 0.717) is 16.6 Å². The van der Waals surface area contributed by atoms with E-state index in [0.717, 1.165) is 16.5 Å². The van der Waals surface area contributed by atoms with Gasteiger partial charge in [-0.15, -0.1) is 0 Å². The number of aromatic carboxylic acids is 1. The molecular formula is C16H11Cl2NO2. The lowest BCUT2D eigenvalue weighted by Gasteiger charge is -2.09. The van der Waals surface area contributed by atoms with Gasteiger partial charge in [0.05, 0.1) is 15.6 Å². The van der Waals surface area contributed by atoms with Crippen molar-refractivity contribution < 1.29 is 9.90 Å². The highest BCUT2D eigenvalue weighted by Gasteiger charge is 2.09. The Hall–Kier alpha value is -1.97. The molecular weight excluding hydrogens is 309 g/mol. The molecule has 5 heteroatoms. The third-order valence-electron chi connectivity index (χ3n) is 3.39. The van der Waals surface area contributed by atoms with E-state index in [1.54, 1.807) is 24.3 Å². The molecule has 1 heterocycles. The lowest BCUT2D eigenvalue weighted by atomic mass is 10.1. The molecule has 1 N–H and O–H groups in total. The van der Waals surface area contributed by atoms with E-state index in [2.05, 4.69) is 0 Å². The number of fused-ring (bicyclic) bond motifs is 1. The number of aromatic nitrogens is 1. The standard InChI is InChI=1S/C16H11Cl2NO2/c17-13-3-1-2-12(15(13)18)9-19-7-6-10-4-5-11(16(20)21)8-14(10)19/h1-8H,9H2,(H,20,21). The molecule has 0 fully saturated rings. The van der Waals surface area contributed by atoms with Crippen molar-refractivity contribution in [3.8, 4) is 0 Å². The first-order chi connectivity index (χ1) is 10.1. The van der Waals surface area contributed by atoms with E-state index in [9.17, 15) is 4.79 Å². The summed E-state index contributed by atoms with van der Waals surface area (Å²) in [5, 5.41) is 11.1. The molecule has 0 unspecified atom stereocenters. The normalized spacial score (nSPS) is 11.0. The Labute approximate surface area is 131 Å². The predicted octanol–water partition coefficient (Wildman–Crippen LogP) is 4.69. The minimum Gasteiger partial charge on any atom is -0.478 e. The summed E-state index contributed by atoms with van der Waals surface area (Å²) in [7, 11) is 0. The first kappa shape index (κ1) is 14.0. The number of carboxylic acids is 1. The van der Waals surface area contributed by atoms with E-state index in [-0.39, 0.29) is 5.56 Å². The van der Waals surface area contributed by atoms with Crippen molar-refractivity contribution in [1.82, 2.24) is 4.57 Å². The maximum Gasteiger partial charge on any atom is 0.335 e. The minimum atomic E-state index is -0.939. The summed E-state index contributed by atoms with van der Waals surface area (Å²) in [6.45, 7) is 0.534. The highest BCUT2D eigenvalue weighted by atomic mass is 35.5. The molecule has 0 radical (unpaired) electrons. The van der Waals surface area contributed by atoms with Crippen LogP contribution in [0, 0.1) is 0 Å². The molecule has 0 atom stereocenters. The van der Waals surface area contributed by atoms with Crippen LogP contribution < -0.4 is 0 Å². The number of carbonyl (C=O) groups is 1. The Morgan fingerprint density at radius 3 is 2.71 bits per heavy atom. The molecule has 3 rings (SSSR count). The Balaban J connectivity index is 2.06. The average Bonchev–Trinajstić information content (AvgIpc) is 2.86. The fourth-order valence-corrected chi connectivity index (χ4v) is 2.69. The second-order valence-electron chi connectivity index (χ2n) is 4.74. The van der Waals surface area contributed by atoms with Crippen molar-refractivity contribution in [2.45, 2.75) is 6.54 Å². The van der Waals surface area contributed by atoms with Crippen molar-refractivity contribution >= 4 is 40.1 Å². The van der Waals surface area contributed by atoms with Crippen molar-refractivity contribution in [2.75, 3.05) is 0 Å². The van der Waals surface area contributed by atoms with Gasteiger partial charge in [0.25, 0.3) is 0 Å². The van der Waals surface area contributed by atoms with Gasteiger partial charge in [0.1, 0.15) is 0 Å². The monoisotopic (exact) mass is 319 g/mol. The number of hydrogen-bond acceptors (Lipinski definition) is 1. The van der Waals surface area contributed by atoms with Crippen LogP contribution in [0.2, 0.25) is 10.0 Å². The molecule has 0 aliphatic carbocycles. The van der Waals surface area contributed by atoms with Crippen LogP contribution >= 0.6 is 23.2 Å². The highest BCUT2D eigenvalue weighted by molar-refractivity contribution is 6.42. The largest absolute Gasteiger partial charge is 0.478 e. The molecule has 0 spiro atoms. The third-order valence-corrected chi connectivity index (χ3v) is 4.25. The second kappa shape index (κ2) is 5.43. The topological polar surface area (TPSA) is 42.2 Å². The first-order valence-corrected chi connectivity index (χ1v) is 7.07. The van der Waals surface area contributed by atoms with E-state index in [4.69, 9.17) is 28.3 Å². The van der Waals surface area contributed by atoms with E-state index in [1.807, 2.05) is 29.0 Å². The van der Waals surface area contributed by atoms with Gasteiger partial charge in [-0.2, -0.15) is 0 Å². The quantitative estimate of drug-likeness (QED) is 0.760. The van der Waals surface area contributed by atoms with Gasteiger partial charge in [-0.05, 0) is 35.2 Å². The smallest absolute Gasteiger partial charge is 0.335 e. The Bertz CT molecular complexity index is 839. The van der Waals surface area contributed by atoms with Crippen molar-refractivity contribution in [3.05, 3.63) is 69.8 Å². The molecule has 0 aliphatic rings. The van der Waals surface area contributed by atoms with E-state index < -0.39 is 5.97 Å². The Morgan fingerprint density at radius 2 is 1.95 bits per heavy atom. The number of benzene rings is 2. The van der Waals surface area contributed by atoms with Crippen LogP contribution in [0.1, 0.15) is 15.9 Å². The summed E-state index contributed by atoms with van der Waals surface area (Å²) < 4.78 is 1.96. The van der Waals surface area contributed by atoms with Crippen LogP contribution in [-0.2, 0) is 6.54 Å². The number of carboxylic acid groups (broad SMARTS) is 1. The van der Waals surface area contributed by atoms with E-state index in [1.165, 1.54) is 0 Å². The predicted molar refractivity (Wildman–Crippen MR) is 84.5 cm³/mol. The molecule has 0 saturated carbocycles. The van der Waals surface area contributed by atoms with Crippen LogP contribution in [0.3, 0.4) is 0 Å². The Morgan fingerprint density at radius 1 is 1.14 bits per heavy atom. The first-order valence-electron chi connectivity index (χ1n) is 6.31. The fraction of sp³-hybridized carbons (Fsp3) is 0.0625. The van der Waals surface area contributed by atoms with Gasteiger partial charge in [0.2, 0.25) is 0 Å². The van der Waals surface area contributed by atoms with Gasteiger partial charge in [0.15, 0.2) is 0 Å². The molecule has 21 heavy (non-hydrogen) atoms. The summed E-state index contributed by atoms with van der Waals surface area (Å²) in [4.78, 5) is 11.1. The summed E-state index contributed by atoms with van der Waals surface area (Å²) in [5.74, 6) is -0.939. The lowest BCUT2D eigenvalue weighted by molar-refractivity contribution is 0.0697. The Kier molecular flexibility index (Phi) is 3.62. The summed E-state index contributed by atoms with van der Waals surface area (Å²) >= 11 is 12.2. The van der Waals surface area contributed by atoms with Crippen molar-refractivity contribution in [1.29, 1.82) is 0 Å². The van der Waals surface area contributed by atoms with E-state index >= 15 is 0 Å². The summed E-state index contributed by atoms with van der Waals surface area (Å²) in [6, 6.07) is 12.5. The minimum absolute atomic E-state index is 0.264. The number of rotatable bonds is 3. The zero-order chi connectivity index (χ0) is 15.0. The second-order valence-corrected chi connectivity index (χ2v) is 5.52. The molecule has 106 valence electrons. The molecule has 3 nitrogen and oxygen atoms in total. The van der Waals surface area contributed by atoms with Crippen LogP contribution in [0.25, 0.3) is 10.9 Å². The van der Waals surface area contributed by atoms with Gasteiger partial charge >= 0.3 is 5.97 Å². The fourth-order valence-electron chi connectivity index (χ4n) is 2.31. The summed E-state index contributed by atoms with van der Waals surface area (Å²) in [5.41, 5.74) is 2.01. The van der Waals surface area contributed by atoms with Crippen molar-refractivity contribution in [2.24, 2.45) is 0 Å². The molecule has 0 aliphatic heterocycles. The maximum absolute atomic E-state index is 11.1. The van der Waals surface area contributed by atoms with Crippen LogP contribution in [0.5, 0.6) is 0 Å². The summed E-state index contributed by atoms with van der Waals surface area (Å²) in [6.07, 6.45) is 1.91. The number of halogens is 2. The third kappa shape index (κ3) is 2.62. The molecule has 2 aromatic carbocycles. The van der Waals surface area contributed by atoms with Gasteiger partial charge in [-0.25, -0.2) is 4.79 Å². The highest BCUT2D eigenvalue weighted by Crippen LogP contribution is 2.27. The number of nitrogens with zero attached hydrogens (tertiary/aromatic N) is 1. The number of hydrogen-bond donors (Lipinski definition) is 1. The average molecular weight is 320 g/mol. The molecule has 0 amide bonds. The van der Waals surface area contributed by atoms with Crippen LogP contribution in [0.15, 0.2) is 48.7 Å². The molecule has 1 aromatic heterocycles. The van der Waals surface area contributed by atoms with Gasteiger partial charge < -0.3 is 9.67 Å². The van der Waals surface area contributed by atoms with Crippen LogP contribution in [0.4, 0.5) is 0 Å². The van der Waals surface area contributed by atoms with Gasteiger partial charge in [-0.1, -0.05) is 41.4 Å². The van der Waals surface area contributed by atoms with Gasteiger partial charge in [0, 0.05) is 18.3 Å². The molecule has 3 aromatic rings. The zero-order valence-corrected chi connectivity index (χ0v) is 12.4. The molecule has 0 bridgehead atoms. The maximum atomic E-state index is 11.1. The van der Waals surface area contributed by atoms with Gasteiger partial charge in [-0.3, -0.25) is 0 Å². The van der Waals surface area contributed by atoms with Crippen LogP contribution in [-0.4, -0.2) is 15.6 Å². The SMILES string of the molecule is O=C(O)c1ccc2ccn(Cc3cccc(Cl)c3Cl)c2c1. The van der Waals surface area contributed by atoms with Crippen molar-refractivity contribution in [3.63, 3.8) is 0 Å². The lowest BCUT2D eigenvalue weighted by Crippen LogP contribution is -2.01.